The smallest absolute Gasteiger partial charge is 0.318 e. The molecule has 0 unspecified atom stereocenters. The third kappa shape index (κ3) is 4.18. The predicted molar refractivity (Wildman–Crippen MR) is 107 cm³/mol. The van der Waals surface area contributed by atoms with Crippen molar-refractivity contribution in [2.75, 3.05) is 11.9 Å². The molecule has 0 saturated heterocycles. The van der Waals surface area contributed by atoms with Crippen molar-refractivity contribution < 1.29 is 14.0 Å². The van der Waals surface area contributed by atoms with Gasteiger partial charge in [-0.05, 0) is 23.8 Å². The highest BCUT2D eigenvalue weighted by Gasteiger charge is 2.24. The maximum absolute atomic E-state index is 12.5. The van der Waals surface area contributed by atoms with Crippen LogP contribution in [0, 0.1) is 0 Å². The normalized spacial score (nSPS) is 13.1. The molecule has 1 aliphatic rings. The van der Waals surface area contributed by atoms with E-state index in [1.54, 1.807) is 23.1 Å². The summed E-state index contributed by atoms with van der Waals surface area (Å²) in [6.45, 7) is 1.49. The third-order valence-electron chi connectivity index (χ3n) is 4.38. The number of furan rings is 1. The fraction of sp³-hybridized carbons (Fsp3) is 0.211. The van der Waals surface area contributed by atoms with Crippen molar-refractivity contribution in [1.82, 2.24) is 15.2 Å². The van der Waals surface area contributed by atoms with Crippen molar-refractivity contribution in [3.8, 4) is 0 Å². The van der Waals surface area contributed by atoms with E-state index in [-0.39, 0.29) is 11.9 Å². The first-order valence-corrected chi connectivity index (χ1v) is 9.87. The zero-order valence-corrected chi connectivity index (χ0v) is 16.3. The number of carbonyl (C=O) groups excluding carboxylic acids is 2. The molecule has 0 atom stereocenters. The number of nitrogens with zero attached hydrogens (tertiary/aromatic N) is 2. The maximum atomic E-state index is 12.5. The second kappa shape index (κ2) is 8.04. The highest BCUT2D eigenvalue weighted by atomic mass is 35.5. The first-order chi connectivity index (χ1) is 13.6. The molecule has 3 heterocycles. The monoisotopic (exact) mass is 416 g/mol. The quantitative estimate of drug-likeness (QED) is 0.675. The van der Waals surface area contributed by atoms with Crippen LogP contribution in [0.15, 0.2) is 47.3 Å². The predicted octanol–water partition coefficient (Wildman–Crippen LogP) is 3.91. The van der Waals surface area contributed by atoms with Crippen molar-refractivity contribution in [3.05, 3.63) is 69.6 Å². The molecule has 2 N–H and O–H groups in total. The summed E-state index contributed by atoms with van der Waals surface area (Å²) in [5.74, 6) is -0.266. The summed E-state index contributed by atoms with van der Waals surface area (Å²) in [6, 6.07) is 8.83. The largest absolute Gasteiger partial charge is 0.472 e. The van der Waals surface area contributed by atoms with Gasteiger partial charge < -0.3 is 14.6 Å². The summed E-state index contributed by atoms with van der Waals surface area (Å²) < 4.78 is 4.92. The fourth-order valence-electron chi connectivity index (χ4n) is 2.88. The Labute approximate surface area is 170 Å². The number of urea groups is 1. The van der Waals surface area contributed by atoms with Gasteiger partial charge in [-0.3, -0.25) is 10.1 Å². The number of benzene rings is 1. The molecule has 3 aromatic rings. The lowest BCUT2D eigenvalue weighted by Crippen LogP contribution is -2.42. The van der Waals surface area contributed by atoms with Gasteiger partial charge in [-0.25, -0.2) is 9.78 Å². The SMILES string of the molecule is O=C(Nc1nc2c(s1)CN(C(=O)NCc1ccc(Cl)cc1)CC2)c1ccoc1. The standard InChI is InChI=1S/C19H17ClN4O3S/c20-14-3-1-12(2-4-14)9-21-19(26)24-7-5-15-16(10-24)28-18(22-15)23-17(25)13-6-8-27-11-13/h1-4,6,8,11H,5,7,9-10H2,(H,21,26)(H,22,23,25). The van der Waals surface area contributed by atoms with Gasteiger partial charge in [-0.1, -0.05) is 35.1 Å². The summed E-state index contributed by atoms with van der Waals surface area (Å²) in [5, 5.41) is 6.89. The number of halogens is 1. The molecule has 28 heavy (non-hydrogen) atoms. The molecule has 0 aliphatic carbocycles. The lowest BCUT2D eigenvalue weighted by atomic mass is 10.2. The molecule has 2 aromatic heterocycles. The van der Waals surface area contributed by atoms with E-state index in [9.17, 15) is 9.59 Å². The van der Waals surface area contributed by atoms with Gasteiger partial charge in [0.2, 0.25) is 0 Å². The molecule has 1 aromatic carbocycles. The Morgan fingerprint density at radius 3 is 2.82 bits per heavy atom. The number of anilines is 1. The highest BCUT2D eigenvalue weighted by molar-refractivity contribution is 7.15. The molecule has 1 aliphatic heterocycles. The van der Waals surface area contributed by atoms with Gasteiger partial charge in [-0.2, -0.15) is 0 Å². The first kappa shape index (κ1) is 18.5. The van der Waals surface area contributed by atoms with Crippen LogP contribution in [0.4, 0.5) is 9.93 Å². The lowest BCUT2D eigenvalue weighted by Gasteiger charge is -2.26. The minimum absolute atomic E-state index is 0.127. The van der Waals surface area contributed by atoms with Crippen LogP contribution < -0.4 is 10.6 Å². The molecule has 4 rings (SSSR count). The van der Waals surface area contributed by atoms with Crippen molar-refractivity contribution in [1.29, 1.82) is 0 Å². The average molecular weight is 417 g/mol. The summed E-state index contributed by atoms with van der Waals surface area (Å²) in [7, 11) is 0. The van der Waals surface area contributed by atoms with Crippen molar-refractivity contribution in [3.63, 3.8) is 0 Å². The molecular formula is C19H17ClN4O3S. The summed E-state index contributed by atoms with van der Waals surface area (Å²) in [4.78, 5) is 31.8. The highest BCUT2D eigenvalue weighted by Crippen LogP contribution is 2.28. The molecule has 0 spiro atoms. The molecule has 0 fully saturated rings. The molecule has 144 valence electrons. The zero-order chi connectivity index (χ0) is 19.5. The van der Waals surface area contributed by atoms with Gasteiger partial charge >= 0.3 is 6.03 Å². The van der Waals surface area contributed by atoms with Gasteiger partial charge in [0.25, 0.3) is 5.91 Å². The van der Waals surface area contributed by atoms with E-state index < -0.39 is 0 Å². The van der Waals surface area contributed by atoms with Crippen molar-refractivity contribution in [2.45, 2.75) is 19.5 Å². The number of rotatable bonds is 4. The fourth-order valence-corrected chi connectivity index (χ4v) is 4.02. The second-order valence-corrected chi connectivity index (χ2v) is 7.83. The number of hydrogen-bond donors (Lipinski definition) is 2. The van der Waals surface area contributed by atoms with Gasteiger partial charge in [0, 0.05) is 29.4 Å². The first-order valence-electron chi connectivity index (χ1n) is 8.68. The maximum Gasteiger partial charge on any atom is 0.318 e. The van der Waals surface area contributed by atoms with Crippen LogP contribution in [-0.2, 0) is 19.5 Å². The van der Waals surface area contributed by atoms with Crippen LogP contribution in [0.1, 0.15) is 26.5 Å². The number of amides is 3. The molecule has 9 heteroatoms. The number of thiazole rings is 1. The van der Waals surface area contributed by atoms with E-state index in [4.69, 9.17) is 16.0 Å². The van der Waals surface area contributed by atoms with Gasteiger partial charge in [-0.15, -0.1) is 0 Å². The van der Waals surface area contributed by atoms with Gasteiger partial charge in [0.05, 0.1) is 24.1 Å². The topological polar surface area (TPSA) is 87.5 Å². The Hall–Kier alpha value is -2.84. The van der Waals surface area contributed by atoms with Crippen LogP contribution in [0.5, 0.6) is 0 Å². The number of fused-ring (bicyclic) bond motifs is 1. The minimum Gasteiger partial charge on any atom is -0.472 e. The summed E-state index contributed by atoms with van der Waals surface area (Å²) >= 11 is 7.26. The van der Waals surface area contributed by atoms with Crippen molar-refractivity contribution >= 4 is 40.0 Å². The summed E-state index contributed by atoms with van der Waals surface area (Å²) in [6.07, 6.45) is 3.49. The van der Waals surface area contributed by atoms with E-state index in [2.05, 4.69) is 15.6 Å². The van der Waals surface area contributed by atoms with E-state index in [1.165, 1.54) is 23.9 Å². The van der Waals surface area contributed by atoms with Crippen LogP contribution >= 0.6 is 22.9 Å². The van der Waals surface area contributed by atoms with Crippen molar-refractivity contribution in [2.24, 2.45) is 0 Å². The Bertz CT molecular complexity index is 985. The van der Waals surface area contributed by atoms with E-state index in [1.807, 2.05) is 12.1 Å². The lowest BCUT2D eigenvalue weighted by molar-refractivity contribution is 0.102. The van der Waals surface area contributed by atoms with E-state index in [0.29, 0.717) is 41.8 Å². The Kier molecular flexibility index (Phi) is 5.31. The molecular weight excluding hydrogens is 400 g/mol. The van der Waals surface area contributed by atoms with Crippen LogP contribution in [0.2, 0.25) is 5.02 Å². The molecule has 0 bridgehead atoms. The minimum atomic E-state index is -0.266. The van der Waals surface area contributed by atoms with Crippen LogP contribution in [0.3, 0.4) is 0 Å². The number of hydrogen-bond acceptors (Lipinski definition) is 5. The van der Waals surface area contributed by atoms with Gasteiger partial charge in [0.15, 0.2) is 5.13 Å². The second-order valence-electron chi connectivity index (χ2n) is 6.31. The molecule has 7 nitrogen and oxygen atoms in total. The van der Waals surface area contributed by atoms with Crippen LogP contribution in [-0.4, -0.2) is 28.4 Å². The Balaban J connectivity index is 1.35. The zero-order valence-electron chi connectivity index (χ0n) is 14.8. The number of carbonyl (C=O) groups is 2. The Morgan fingerprint density at radius 2 is 2.07 bits per heavy atom. The van der Waals surface area contributed by atoms with Gasteiger partial charge in [0.1, 0.15) is 6.26 Å². The molecule has 0 saturated carbocycles. The average Bonchev–Trinajstić information content (AvgIpc) is 3.36. The third-order valence-corrected chi connectivity index (χ3v) is 5.63. The Morgan fingerprint density at radius 1 is 1.25 bits per heavy atom. The molecule has 3 amide bonds. The number of nitrogens with one attached hydrogen (secondary N) is 2. The summed E-state index contributed by atoms with van der Waals surface area (Å²) in [5.41, 5.74) is 2.35. The van der Waals surface area contributed by atoms with Crippen LogP contribution in [0.25, 0.3) is 0 Å². The van der Waals surface area contributed by atoms with E-state index >= 15 is 0 Å². The number of aromatic nitrogens is 1. The molecule has 0 radical (unpaired) electrons. The van der Waals surface area contributed by atoms with E-state index in [0.717, 1.165) is 16.1 Å².